The maximum absolute atomic E-state index is 6.02. The number of hydrogen-bond acceptors (Lipinski definition) is 3. The molecule has 1 N–H and O–H groups in total. The Bertz CT molecular complexity index is 678. The number of fused-ring (bicyclic) bond motifs is 1. The fourth-order valence-corrected chi connectivity index (χ4v) is 2.18. The summed E-state index contributed by atoms with van der Waals surface area (Å²) in [6, 6.07) is 3.62. The Morgan fingerprint density at radius 1 is 1.35 bits per heavy atom. The highest BCUT2D eigenvalue weighted by Crippen LogP contribution is 2.27. The molecule has 0 fully saturated rings. The van der Waals surface area contributed by atoms with Crippen LogP contribution < -0.4 is 0 Å². The Labute approximate surface area is 102 Å². The van der Waals surface area contributed by atoms with Crippen LogP contribution in [0.25, 0.3) is 16.9 Å². The third kappa shape index (κ3) is 1.51. The molecule has 0 amide bonds. The number of halogens is 1. The summed E-state index contributed by atoms with van der Waals surface area (Å²) in [5.74, 6) is 0. The molecule has 6 heteroatoms. The smallest absolute Gasteiger partial charge is 0.157 e. The predicted octanol–water partition coefficient (Wildman–Crippen LogP) is 2.39. The molecule has 3 aromatic heterocycles. The van der Waals surface area contributed by atoms with Gasteiger partial charge in [0.15, 0.2) is 5.65 Å². The van der Waals surface area contributed by atoms with E-state index in [4.69, 9.17) is 11.6 Å². The molecule has 3 aromatic rings. The zero-order valence-corrected chi connectivity index (χ0v) is 10.2. The van der Waals surface area contributed by atoms with Gasteiger partial charge in [0.2, 0.25) is 0 Å². The van der Waals surface area contributed by atoms with Crippen molar-refractivity contribution >= 4 is 17.2 Å². The molecule has 86 valence electrons. The number of aromatic nitrogens is 5. The van der Waals surface area contributed by atoms with Crippen LogP contribution in [0.5, 0.6) is 0 Å². The Morgan fingerprint density at radius 2 is 2.18 bits per heavy atom. The molecule has 0 radical (unpaired) electrons. The van der Waals surface area contributed by atoms with Gasteiger partial charge in [0, 0.05) is 23.4 Å². The Kier molecular flexibility index (Phi) is 2.16. The van der Waals surface area contributed by atoms with E-state index in [9.17, 15) is 0 Å². The number of H-pyrrole nitrogens is 1. The lowest BCUT2D eigenvalue weighted by Crippen LogP contribution is -1.97. The van der Waals surface area contributed by atoms with Gasteiger partial charge in [-0.1, -0.05) is 11.6 Å². The van der Waals surface area contributed by atoms with Crippen LogP contribution >= 0.6 is 11.6 Å². The van der Waals surface area contributed by atoms with E-state index < -0.39 is 0 Å². The number of aryl methyl sites for hydroxylation is 2. The van der Waals surface area contributed by atoms with Crippen molar-refractivity contribution in [2.45, 2.75) is 13.8 Å². The number of hydrogen-bond donors (Lipinski definition) is 1. The minimum absolute atomic E-state index is 0.452. The van der Waals surface area contributed by atoms with Crippen molar-refractivity contribution in [2.75, 3.05) is 0 Å². The van der Waals surface area contributed by atoms with E-state index in [1.54, 1.807) is 16.8 Å². The van der Waals surface area contributed by atoms with E-state index in [-0.39, 0.29) is 0 Å². The first kappa shape index (κ1) is 10.3. The van der Waals surface area contributed by atoms with E-state index >= 15 is 0 Å². The second-order valence-corrected chi connectivity index (χ2v) is 4.26. The van der Waals surface area contributed by atoms with Crippen molar-refractivity contribution in [3.05, 3.63) is 34.9 Å². The first-order valence-electron chi connectivity index (χ1n) is 5.19. The molecule has 0 bridgehead atoms. The minimum Gasteiger partial charge on any atom is -0.282 e. The monoisotopic (exact) mass is 247 g/mol. The maximum atomic E-state index is 6.02. The van der Waals surface area contributed by atoms with Crippen molar-refractivity contribution in [2.24, 2.45) is 0 Å². The van der Waals surface area contributed by atoms with Gasteiger partial charge in [-0.3, -0.25) is 5.10 Å². The standard InChI is InChI=1S/C11H10ClN5/c1-6-11(7(2)16-15-6)8-5-9(12)14-10-3-4-13-17(8)10/h3-5H,1-2H3,(H,15,16). The summed E-state index contributed by atoms with van der Waals surface area (Å²) in [6.07, 6.45) is 1.70. The lowest BCUT2D eigenvalue weighted by atomic mass is 10.1. The molecule has 0 saturated carbocycles. The SMILES string of the molecule is Cc1n[nH]c(C)c1-c1cc(Cl)nc2ccnn12. The molecule has 0 atom stereocenters. The lowest BCUT2D eigenvalue weighted by molar-refractivity contribution is 0.945. The Morgan fingerprint density at radius 3 is 2.88 bits per heavy atom. The van der Waals surface area contributed by atoms with Crippen molar-refractivity contribution < 1.29 is 0 Å². The fourth-order valence-electron chi connectivity index (χ4n) is 1.99. The van der Waals surface area contributed by atoms with E-state index in [1.807, 2.05) is 19.9 Å². The molecule has 0 saturated heterocycles. The summed E-state index contributed by atoms with van der Waals surface area (Å²) < 4.78 is 1.76. The predicted molar refractivity (Wildman–Crippen MR) is 65.1 cm³/mol. The van der Waals surface area contributed by atoms with Crippen LogP contribution in [0, 0.1) is 13.8 Å². The summed E-state index contributed by atoms with van der Waals surface area (Å²) in [6.45, 7) is 3.92. The Hall–Kier alpha value is -1.88. The zero-order valence-electron chi connectivity index (χ0n) is 9.40. The first-order valence-corrected chi connectivity index (χ1v) is 5.57. The van der Waals surface area contributed by atoms with Crippen LogP contribution in [-0.4, -0.2) is 24.8 Å². The fraction of sp³-hybridized carbons (Fsp3) is 0.182. The molecule has 0 spiro atoms. The highest BCUT2D eigenvalue weighted by Gasteiger charge is 2.14. The summed E-state index contributed by atoms with van der Waals surface area (Å²) in [5.41, 5.74) is 4.55. The van der Waals surface area contributed by atoms with Gasteiger partial charge in [0.05, 0.1) is 17.6 Å². The topological polar surface area (TPSA) is 58.9 Å². The second kappa shape index (κ2) is 3.56. The average Bonchev–Trinajstić information content (AvgIpc) is 2.85. The van der Waals surface area contributed by atoms with Crippen LogP contribution in [0.1, 0.15) is 11.4 Å². The van der Waals surface area contributed by atoms with Crippen LogP contribution in [0.15, 0.2) is 18.3 Å². The molecule has 17 heavy (non-hydrogen) atoms. The lowest BCUT2D eigenvalue weighted by Gasteiger charge is -2.05. The van der Waals surface area contributed by atoms with E-state index in [1.165, 1.54) is 0 Å². The number of nitrogens with one attached hydrogen (secondary N) is 1. The van der Waals surface area contributed by atoms with Gasteiger partial charge in [-0.15, -0.1) is 0 Å². The number of aromatic amines is 1. The van der Waals surface area contributed by atoms with E-state index in [2.05, 4.69) is 20.3 Å². The normalized spacial score (nSPS) is 11.2. The number of rotatable bonds is 1. The van der Waals surface area contributed by atoms with Gasteiger partial charge in [0.25, 0.3) is 0 Å². The van der Waals surface area contributed by atoms with Gasteiger partial charge in [-0.25, -0.2) is 9.50 Å². The molecule has 3 heterocycles. The molecule has 0 unspecified atom stereocenters. The molecule has 3 rings (SSSR count). The third-order valence-corrected chi connectivity index (χ3v) is 2.91. The quantitative estimate of drug-likeness (QED) is 0.672. The van der Waals surface area contributed by atoms with Gasteiger partial charge >= 0.3 is 0 Å². The van der Waals surface area contributed by atoms with Crippen molar-refractivity contribution in [1.29, 1.82) is 0 Å². The van der Waals surface area contributed by atoms with Crippen LogP contribution in [0.4, 0.5) is 0 Å². The highest BCUT2D eigenvalue weighted by molar-refractivity contribution is 6.29. The van der Waals surface area contributed by atoms with Crippen LogP contribution in [-0.2, 0) is 0 Å². The van der Waals surface area contributed by atoms with Crippen LogP contribution in [0.3, 0.4) is 0 Å². The summed E-state index contributed by atoms with van der Waals surface area (Å²) in [5, 5.41) is 11.8. The number of nitrogens with zero attached hydrogens (tertiary/aromatic N) is 4. The Balaban J connectivity index is 2.40. The summed E-state index contributed by atoms with van der Waals surface area (Å²) in [4.78, 5) is 4.20. The van der Waals surface area contributed by atoms with Crippen molar-refractivity contribution in [3.8, 4) is 11.3 Å². The molecule has 5 nitrogen and oxygen atoms in total. The molecule has 0 aliphatic rings. The zero-order chi connectivity index (χ0) is 12.0. The molecular weight excluding hydrogens is 238 g/mol. The summed E-state index contributed by atoms with van der Waals surface area (Å²) >= 11 is 6.02. The van der Waals surface area contributed by atoms with Gasteiger partial charge < -0.3 is 0 Å². The largest absolute Gasteiger partial charge is 0.282 e. The molecule has 0 aromatic carbocycles. The molecular formula is C11H10ClN5. The molecule has 0 aliphatic carbocycles. The van der Waals surface area contributed by atoms with E-state index in [0.717, 1.165) is 28.3 Å². The third-order valence-electron chi connectivity index (χ3n) is 2.71. The van der Waals surface area contributed by atoms with Crippen molar-refractivity contribution in [1.82, 2.24) is 24.8 Å². The highest BCUT2D eigenvalue weighted by atomic mass is 35.5. The first-order chi connectivity index (χ1) is 8.16. The second-order valence-electron chi connectivity index (χ2n) is 3.87. The maximum Gasteiger partial charge on any atom is 0.157 e. The van der Waals surface area contributed by atoms with Crippen LogP contribution in [0.2, 0.25) is 5.15 Å². The summed E-state index contributed by atoms with van der Waals surface area (Å²) in [7, 11) is 0. The van der Waals surface area contributed by atoms with Crippen molar-refractivity contribution in [3.63, 3.8) is 0 Å². The van der Waals surface area contributed by atoms with Gasteiger partial charge in [-0.2, -0.15) is 10.2 Å². The van der Waals surface area contributed by atoms with E-state index in [0.29, 0.717) is 5.15 Å². The average molecular weight is 248 g/mol. The molecule has 0 aliphatic heterocycles. The van der Waals surface area contributed by atoms with Gasteiger partial charge in [0.1, 0.15) is 5.15 Å². The minimum atomic E-state index is 0.452. The van der Waals surface area contributed by atoms with Gasteiger partial charge in [-0.05, 0) is 13.8 Å².